The summed E-state index contributed by atoms with van der Waals surface area (Å²) in [6.45, 7) is 3.50. The average Bonchev–Trinajstić information content (AvgIpc) is 2.78. The first kappa shape index (κ1) is 22.3. The van der Waals surface area contributed by atoms with Crippen molar-refractivity contribution >= 4 is 22.5 Å². The fraction of sp³-hybridized carbons (Fsp3) is 0.458. The number of aromatic nitrogens is 3. The van der Waals surface area contributed by atoms with Gasteiger partial charge in [-0.25, -0.2) is 28.1 Å². The lowest BCUT2D eigenvalue weighted by molar-refractivity contribution is 0.146. The Morgan fingerprint density at radius 2 is 1.81 bits per heavy atom. The summed E-state index contributed by atoms with van der Waals surface area (Å²) in [6, 6.07) is 5.89. The van der Waals surface area contributed by atoms with Gasteiger partial charge in [0.15, 0.2) is 0 Å². The smallest absolute Gasteiger partial charge is 0.266 e. The van der Waals surface area contributed by atoms with Crippen LogP contribution in [0.3, 0.4) is 0 Å². The van der Waals surface area contributed by atoms with Gasteiger partial charge in [-0.05, 0) is 32.8 Å². The van der Waals surface area contributed by atoms with Crippen LogP contribution < -0.4 is 10.2 Å². The lowest BCUT2D eigenvalue weighted by Crippen LogP contribution is -2.33. The predicted octanol–water partition coefficient (Wildman–Crippen LogP) is 6.35. The molecule has 0 saturated heterocycles. The van der Waals surface area contributed by atoms with E-state index in [0.717, 1.165) is 30.1 Å². The van der Waals surface area contributed by atoms with E-state index < -0.39 is 23.8 Å². The number of nitrogens with zero attached hydrogens (tertiary/aromatic N) is 4. The van der Waals surface area contributed by atoms with Crippen molar-refractivity contribution in [2.75, 3.05) is 17.3 Å². The molecule has 1 N–H and O–H groups in total. The monoisotopic (exact) mass is 443 g/mol. The highest BCUT2D eigenvalue weighted by Crippen LogP contribution is 2.32. The van der Waals surface area contributed by atoms with Gasteiger partial charge in [0.2, 0.25) is 0 Å². The van der Waals surface area contributed by atoms with Crippen LogP contribution in [0.2, 0.25) is 0 Å². The van der Waals surface area contributed by atoms with Crippen LogP contribution in [0.1, 0.15) is 68.4 Å². The molecule has 4 rings (SSSR count). The minimum atomic E-state index is -2.87. The molecule has 8 heteroatoms. The van der Waals surface area contributed by atoms with Gasteiger partial charge in [-0.1, -0.05) is 37.5 Å². The van der Waals surface area contributed by atoms with Crippen LogP contribution in [0, 0.1) is 12.7 Å². The Morgan fingerprint density at radius 1 is 1.09 bits per heavy atom. The number of hydrogen-bond acceptors (Lipinski definition) is 5. The summed E-state index contributed by atoms with van der Waals surface area (Å²) in [4.78, 5) is 15.8. The number of rotatable bonds is 6. The largest absolute Gasteiger partial charge is 0.363 e. The first-order chi connectivity index (χ1) is 15.3. The first-order valence-electron chi connectivity index (χ1n) is 11.1. The molecule has 1 fully saturated rings. The molecule has 170 valence electrons. The fourth-order valence-electron chi connectivity index (χ4n) is 4.45. The van der Waals surface area contributed by atoms with E-state index in [4.69, 9.17) is 0 Å². The summed E-state index contributed by atoms with van der Waals surface area (Å²) in [5, 5.41) is 3.98. The van der Waals surface area contributed by atoms with Gasteiger partial charge >= 0.3 is 0 Å². The van der Waals surface area contributed by atoms with E-state index in [0.29, 0.717) is 23.2 Å². The van der Waals surface area contributed by atoms with Crippen molar-refractivity contribution in [1.82, 2.24) is 15.0 Å². The third kappa shape index (κ3) is 4.49. The Balaban J connectivity index is 1.68. The van der Waals surface area contributed by atoms with Crippen LogP contribution in [0.15, 0.2) is 30.5 Å². The summed E-state index contributed by atoms with van der Waals surface area (Å²) in [6.07, 6.45) is 4.86. The molecular formula is C24H28F3N5. The maximum atomic E-state index is 14.7. The van der Waals surface area contributed by atoms with Gasteiger partial charge in [-0.15, -0.1) is 0 Å². The van der Waals surface area contributed by atoms with Crippen LogP contribution in [-0.4, -0.2) is 28.0 Å². The van der Waals surface area contributed by atoms with Crippen molar-refractivity contribution in [3.8, 4) is 0 Å². The molecule has 1 atom stereocenters. The van der Waals surface area contributed by atoms with E-state index in [2.05, 4.69) is 32.2 Å². The van der Waals surface area contributed by atoms with Crippen molar-refractivity contribution in [3.05, 3.63) is 53.2 Å². The fourth-order valence-corrected chi connectivity index (χ4v) is 4.45. The van der Waals surface area contributed by atoms with Crippen molar-refractivity contribution in [2.24, 2.45) is 0 Å². The summed E-state index contributed by atoms with van der Waals surface area (Å²) in [7, 11) is 2.06. The molecule has 2 heterocycles. The molecule has 2 aromatic heterocycles. The van der Waals surface area contributed by atoms with Crippen molar-refractivity contribution in [3.63, 3.8) is 0 Å². The van der Waals surface area contributed by atoms with Gasteiger partial charge in [0.25, 0.3) is 6.43 Å². The number of nitrogens with one attached hydrogen (secondary N) is 1. The molecule has 1 saturated carbocycles. The van der Waals surface area contributed by atoms with E-state index in [9.17, 15) is 13.2 Å². The molecule has 3 aromatic rings. The Bertz CT molecular complexity index is 1100. The lowest BCUT2D eigenvalue weighted by atomic mass is 9.94. The van der Waals surface area contributed by atoms with Crippen molar-refractivity contribution < 1.29 is 13.2 Å². The maximum Gasteiger partial charge on any atom is 0.266 e. The second-order valence-electron chi connectivity index (χ2n) is 8.50. The number of benzene rings is 1. The zero-order valence-corrected chi connectivity index (χ0v) is 18.6. The molecular weight excluding hydrogens is 415 g/mol. The number of fused-ring (bicyclic) bond motifs is 1. The Hall–Kier alpha value is -2.90. The minimum Gasteiger partial charge on any atom is -0.363 e. The first-order valence-corrected chi connectivity index (χ1v) is 11.1. The molecule has 0 radical (unpaired) electrons. The van der Waals surface area contributed by atoms with Gasteiger partial charge in [0, 0.05) is 24.0 Å². The molecule has 0 bridgehead atoms. The Morgan fingerprint density at radius 3 is 2.53 bits per heavy atom. The van der Waals surface area contributed by atoms with E-state index in [1.54, 1.807) is 20.0 Å². The van der Waals surface area contributed by atoms with Gasteiger partial charge in [-0.3, -0.25) is 0 Å². The number of anilines is 2. The number of alkyl halides is 2. The second kappa shape index (κ2) is 9.30. The van der Waals surface area contributed by atoms with Crippen molar-refractivity contribution in [2.45, 2.75) is 64.5 Å². The molecule has 1 aliphatic rings. The predicted molar refractivity (Wildman–Crippen MR) is 121 cm³/mol. The van der Waals surface area contributed by atoms with Gasteiger partial charge in [-0.2, -0.15) is 0 Å². The van der Waals surface area contributed by atoms with E-state index in [1.165, 1.54) is 31.4 Å². The van der Waals surface area contributed by atoms with Crippen LogP contribution in [-0.2, 0) is 0 Å². The summed E-state index contributed by atoms with van der Waals surface area (Å²) < 4.78 is 41.0. The highest BCUT2D eigenvalue weighted by molar-refractivity contribution is 5.90. The normalized spacial score (nSPS) is 15.8. The number of hydrogen-bond donors (Lipinski definition) is 1. The zero-order chi connectivity index (χ0) is 22.8. The van der Waals surface area contributed by atoms with Gasteiger partial charge in [0.1, 0.15) is 23.3 Å². The standard InChI is InChI=1S/C24H28F3N5/c1-14(17-10-7-11-18(22(17)25)23(26)27)29-24-19-12-21(28-13-20(19)30-15(2)31-24)32(3)16-8-5-4-6-9-16/h7,10-14,16,23H,4-6,8-9H2,1-3H3,(H,29,30,31)/t14-/m1/s1. The topological polar surface area (TPSA) is 53.9 Å². The van der Waals surface area contributed by atoms with E-state index in [1.807, 2.05) is 6.07 Å². The third-order valence-corrected chi connectivity index (χ3v) is 6.28. The van der Waals surface area contributed by atoms with E-state index >= 15 is 0 Å². The SMILES string of the molecule is Cc1nc(N[C@H](C)c2cccc(C(F)F)c2F)c2cc(N(C)C3CCCCC3)ncc2n1. The quantitative estimate of drug-likeness (QED) is 0.481. The number of aryl methyl sites for hydroxylation is 1. The molecule has 0 spiro atoms. The number of pyridine rings is 1. The second-order valence-corrected chi connectivity index (χ2v) is 8.50. The third-order valence-electron chi connectivity index (χ3n) is 6.28. The van der Waals surface area contributed by atoms with Gasteiger partial charge in [0.05, 0.1) is 23.3 Å². The molecule has 5 nitrogen and oxygen atoms in total. The zero-order valence-electron chi connectivity index (χ0n) is 18.6. The van der Waals surface area contributed by atoms with Crippen molar-refractivity contribution in [1.29, 1.82) is 0 Å². The highest BCUT2D eigenvalue weighted by Gasteiger charge is 2.22. The minimum absolute atomic E-state index is 0.167. The van der Waals surface area contributed by atoms with Gasteiger partial charge < -0.3 is 10.2 Å². The maximum absolute atomic E-state index is 14.7. The van der Waals surface area contributed by atoms with Crippen LogP contribution in [0.25, 0.3) is 10.9 Å². The molecule has 1 aliphatic carbocycles. The lowest BCUT2D eigenvalue weighted by Gasteiger charge is -2.32. The molecule has 0 aliphatic heterocycles. The summed E-state index contributed by atoms with van der Waals surface area (Å²) in [5.41, 5.74) is 0.246. The Kier molecular flexibility index (Phi) is 6.48. The Labute approximate surface area is 186 Å². The number of halogens is 3. The average molecular weight is 444 g/mol. The van der Waals surface area contributed by atoms with E-state index in [-0.39, 0.29) is 5.56 Å². The molecule has 0 unspecified atom stereocenters. The molecule has 0 amide bonds. The highest BCUT2D eigenvalue weighted by atomic mass is 19.3. The van der Waals surface area contributed by atoms with Crippen LogP contribution >= 0.6 is 0 Å². The summed E-state index contributed by atoms with van der Waals surface area (Å²) in [5.74, 6) is 1.02. The summed E-state index contributed by atoms with van der Waals surface area (Å²) >= 11 is 0. The van der Waals surface area contributed by atoms with Crippen LogP contribution in [0.5, 0.6) is 0 Å². The van der Waals surface area contributed by atoms with Crippen LogP contribution in [0.4, 0.5) is 24.8 Å². The molecule has 32 heavy (non-hydrogen) atoms. The molecule has 1 aromatic carbocycles.